The standard InChI is InChI=1S/C21H13Cl2N5OS/c1-11(29)27-17-9-12(5-7-25-17)20-19(24-2)18(14-4-3-13(22)10-15(14)23)21(30-20)16-6-8-26-28-16/h3-10H,1H3,(H,26,28)(H,25,27,29). The van der Waals surface area contributed by atoms with Gasteiger partial charge < -0.3 is 5.32 Å². The highest BCUT2D eigenvalue weighted by molar-refractivity contribution is 7.20. The van der Waals surface area contributed by atoms with Crippen LogP contribution >= 0.6 is 34.5 Å². The zero-order valence-corrected chi connectivity index (χ0v) is 17.9. The van der Waals surface area contributed by atoms with Gasteiger partial charge in [-0.05, 0) is 41.5 Å². The largest absolute Gasteiger partial charge is 0.311 e. The van der Waals surface area contributed by atoms with Crippen LogP contribution in [0.15, 0.2) is 48.8 Å². The number of thiophene rings is 1. The fraction of sp³-hybridized carbons (Fsp3) is 0.0476. The van der Waals surface area contributed by atoms with Gasteiger partial charge in [-0.2, -0.15) is 5.10 Å². The smallest absolute Gasteiger partial charge is 0.222 e. The van der Waals surface area contributed by atoms with Crippen LogP contribution in [0.5, 0.6) is 0 Å². The first kappa shape index (κ1) is 20.1. The lowest BCUT2D eigenvalue weighted by Gasteiger charge is -2.07. The van der Waals surface area contributed by atoms with Gasteiger partial charge >= 0.3 is 0 Å². The Labute approximate surface area is 186 Å². The Bertz CT molecular complexity index is 1290. The summed E-state index contributed by atoms with van der Waals surface area (Å²) in [7, 11) is 0. The van der Waals surface area contributed by atoms with E-state index in [1.807, 2.05) is 6.07 Å². The highest BCUT2D eigenvalue weighted by Gasteiger charge is 2.24. The van der Waals surface area contributed by atoms with Gasteiger partial charge in [0, 0.05) is 44.7 Å². The Morgan fingerprint density at radius 2 is 2.00 bits per heavy atom. The lowest BCUT2D eigenvalue weighted by Crippen LogP contribution is -2.07. The number of hydrogen-bond donors (Lipinski definition) is 2. The number of rotatable bonds is 4. The third kappa shape index (κ3) is 3.81. The quantitative estimate of drug-likeness (QED) is 0.338. The van der Waals surface area contributed by atoms with Gasteiger partial charge in [-0.1, -0.05) is 29.3 Å². The predicted octanol–water partition coefficient (Wildman–Crippen LogP) is 6.68. The number of anilines is 1. The number of benzene rings is 1. The first-order valence-corrected chi connectivity index (χ1v) is 10.3. The summed E-state index contributed by atoms with van der Waals surface area (Å²) < 4.78 is 0. The normalized spacial score (nSPS) is 10.6. The average molecular weight is 454 g/mol. The fourth-order valence-electron chi connectivity index (χ4n) is 3.06. The molecule has 0 saturated carbocycles. The van der Waals surface area contributed by atoms with Crippen molar-refractivity contribution in [3.05, 3.63) is 70.3 Å². The van der Waals surface area contributed by atoms with Gasteiger partial charge in [-0.15, -0.1) is 11.3 Å². The third-order valence-electron chi connectivity index (χ3n) is 4.27. The maximum absolute atomic E-state index is 11.4. The number of nitrogens with zero attached hydrogens (tertiary/aromatic N) is 3. The topological polar surface area (TPSA) is 75.0 Å². The molecule has 9 heteroatoms. The Hall–Kier alpha value is -3.18. The number of H-pyrrole nitrogens is 1. The van der Waals surface area contributed by atoms with Crippen molar-refractivity contribution in [1.29, 1.82) is 0 Å². The second-order valence-electron chi connectivity index (χ2n) is 6.30. The van der Waals surface area contributed by atoms with E-state index in [2.05, 4.69) is 25.3 Å². The molecular formula is C21H13Cl2N5OS. The van der Waals surface area contributed by atoms with Crippen LogP contribution in [0.4, 0.5) is 11.5 Å². The number of halogens is 2. The first-order valence-electron chi connectivity index (χ1n) is 8.71. The average Bonchev–Trinajstić information content (AvgIpc) is 3.35. The zero-order valence-electron chi connectivity index (χ0n) is 15.5. The van der Waals surface area contributed by atoms with Crippen molar-refractivity contribution < 1.29 is 4.79 Å². The number of carbonyl (C=O) groups excluding carboxylic acids is 1. The van der Waals surface area contributed by atoms with E-state index in [0.29, 0.717) is 32.7 Å². The van der Waals surface area contributed by atoms with E-state index in [9.17, 15) is 4.79 Å². The van der Waals surface area contributed by atoms with Gasteiger partial charge in [0.15, 0.2) is 0 Å². The van der Waals surface area contributed by atoms with Gasteiger partial charge in [-0.25, -0.2) is 9.83 Å². The summed E-state index contributed by atoms with van der Waals surface area (Å²) >= 11 is 14.0. The van der Waals surface area contributed by atoms with Crippen LogP contribution < -0.4 is 5.32 Å². The summed E-state index contributed by atoms with van der Waals surface area (Å²) in [6.07, 6.45) is 3.25. The van der Waals surface area contributed by atoms with E-state index in [4.69, 9.17) is 29.8 Å². The van der Waals surface area contributed by atoms with E-state index in [1.165, 1.54) is 18.3 Å². The van der Waals surface area contributed by atoms with Crippen molar-refractivity contribution in [2.45, 2.75) is 6.92 Å². The number of carbonyl (C=O) groups is 1. The van der Waals surface area contributed by atoms with Crippen LogP contribution in [0.1, 0.15) is 6.92 Å². The molecule has 2 N–H and O–H groups in total. The maximum Gasteiger partial charge on any atom is 0.222 e. The molecule has 0 aliphatic rings. The number of aromatic amines is 1. The first-order chi connectivity index (χ1) is 14.5. The molecular weight excluding hydrogens is 441 g/mol. The summed E-state index contributed by atoms with van der Waals surface area (Å²) in [5.74, 6) is 0.196. The Morgan fingerprint density at radius 3 is 2.67 bits per heavy atom. The molecule has 0 bridgehead atoms. The van der Waals surface area contributed by atoms with Crippen LogP contribution in [-0.2, 0) is 4.79 Å². The van der Waals surface area contributed by atoms with Crippen LogP contribution in [0, 0.1) is 6.57 Å². The molecule has 6 nitrogen and oxygen atoms in total. The SMILES string of the molecule is [C-]#[N+]c1c(-c2ccnc(NC(C)=O)c2)sc(-c2ccn[nH]2)c1-c1ccc(Cl)cc1Cl. The third-order valence-corrected chi connectivity index (χ3v) is 6.08. The predicted molar refractivity (Wildman–Crippen MR) is 121 cm³/mol. The van der Waals surface area contributed by atoms with E-state index in [-0.39, 0.29) is 5.91 Å². The molecule has 0 aliphatic carbocycles. The molecule has 0 spiro atoms. The van der Waals surface area contributed by atoms with Gasteiger partial charge in [0.05, 0.1) is 12.3 Å². The van der Waals surface area contributed by atoms with Crippen LogP contribution in [0.2, 0.25) is 10.0 Å². The number of pyridine rings is 1. The molecule has 30 heavy (non-hydrogen) atoms. The minimum Gasteiger partial charge on any atom is -0.311 e. The molecule has 4 rings (SSSR count). The summed E-state index contributed by atoms with van der Waals surface area (Å²) in [6, 6.07) is 10.6. The molecule has 0 unspecified atom stereocenters. The molecule has 0 atom stereocenters. The Morgan fingerprint density at radius 1 is 1.17 bits per heavy atom. The van der Waals surface area contributed by atoms with Crippen LogP contribution in [0.25, 0.3) is 37.0 Å². The summed E-state index contributed by atoms with van der Waals surface area (Å²) in [4.78, 5) is 21.0. The minimum atomic E-state index is -0.219. The highest BCUT2D eigenvalue weighted by atomic mass is 35.5. The molecule has 0 fully saturated rings. The number of aromatic nitrogens is 3. The molecule has 0 aliphatic heterocycles. The molecule has 3 heterocycles. The van der Waals surface area contributed by atoms with Gasteiger partial charge in [-0.3, -0.25) is 9.89 Å². The van der Waals surface area contributed by atoms with Gasteiger partial charge in [0.1, 0.15) is 5.82 Å². The Balaban J connectivity index is 1.98. The summed E-state index contributed by atoms with van der Waals surface area (Å²) in [5.41, 5.74) is 3.40. The van der Waals surface area contributed by atoms with Crippen molar-refractivity contribution in [3.63, 3.8) is 0 Å². The van der Waals surface area contributed by atoms with E-state index < -0.39 is 0 Å². The van der Waals surface area contributed by atoms with Crippen molar-refractivity contribution in [2.24, 2.45) is 0 Å². The highest BCUT2D eigenvalue weighted by Crippen LogP contribution is 2.53. The fourth-order valence-corrected chi connectivity index (χ4v) is 4.79. The van der Waals surface area contributed by atoms with Crippen molar-refractivity contribution >= 4 is 52.0 Å². The molecule has 1 aromatic carbocycles. The van der Waals surface area contributed by atoms with Crippen molar-refractivity contribution in [3.8, 4) is 32.1 Å². The maximum atomic E-state index is 11.4. The lowest BCUT2D eigenvalue weighted by molar-refractivity contribution is -0.114. The second kappa shape index (κ2) is 8.28. The molecule has 0 saturated heterocycles. The van der Waals surface area contributed by atoms with Gasteiger partial charge in [0.2, 0.25) is 11.6 Å². The molecule has 0 radical (unpaired) electrons. The second-order valence-corrected chi connectivity index (χ2v) is 8.17. The summed E-state index contributed by atoms with van der Waals surface area (Å²) in [6.45, 7) is 9.31. The van der Waals surface area contributed by atoms with Crippen LogP contribution in [0.3, 0.4) is 0 Å². The van der Waals surface area contributed by atoms with Crippen LogP contribution in [-0.4, -0.2) is 21.1 Å². The van der Waals surface area contributed by atoms with E-state index in [1.54, 1.807) is 42.7 Å². The van der Waals surface area contributed by atoms with E-state index >= 15 is 0 Å². The number of amides is 1. The molecule has 148 valence electrons. The number of hydrogen-bond acceptors (Lipinski definition) is 4. The molecule has 3 aromatic heterocycles. The Kier molecular flexibility index (Phi) is 5.55. The monoisotopic (exact) mass is 453 g/mol. The van der Waals surface area contributed by atoms with E-state index in [0.717, 1.165) is 21.0 Å². The van der Waals surface area contributed by atoms with Gasteiger partial charge in [0.25, 0.3) is 0 Å². The minimum absolute atomic E-state index is 0.219. The molecule has 4 aromatic rings. The number of nitrogens with one attached hydrogen (secondary N) is 2. The van der Waals surface area contributed by atoms with Crippen molar-refractivity contribution in [1.82, 2.24) is 15.2 Å². The lowest BCUT2D eigenvalue weighted by atomic mass is 10.0. The molecule has 1 amide bonds. The zero-order chi connectivity index (χ0) is 21.3. The summed E-state index contributed by atoms with van der Waals surface area (Å²) in [5, 5.41) is 10.7. The van der Waals surface area contributed by atoms with Crippen molar-refractivity contribution in [2.75, 3.05) is 5.32 Å².